The molecule has 0 fully saturated rings. The van der Waals surface area contributed by atoms with Gasteiger partial charge in [-0.1, -0.05) is 48.0 Å². The Morgan fingerprint density at radius 3 is 2.16 bits per heavy atom. The molecule has 0 saturated carbocycles. The number of carbonyl (C=O) groups is 2. The van der Waals surface area contributed by atoms with E-state index in [-0.39, 0.29) is 17.3 Å². The third-order valence-electron chi connectivity index (χ3n) is 6.25. The maximum atomic E-state index is 13.8. The molecular formula is C29H35N3O4S2. The molecule has 0 aliphatic heterocycles. The van der Waals surface area contributed by atoms with Gasteiger partial charge in [0, 0.05) is 18.0 Å². The minimum Gasteiger partial charge on any atom is -0.355 e. The lowest BCUT2D eigenvalue weighted by Gasteiger charge is -2.32. The second-order valence-corrected chi connectivity index (χ2v) is 11.7. The van der Waals surface area contributed by atoms with Crippen molar-refractivity contribution in [3.63, 3.8) is 0 Å². The number of nitrogens with one attached hydrogen (secondary N) is 1. The van der Waals surface area contributed by atoms with Crippen LogP contribution in [0.1, 0.15) is 25.0 Å². The number of hydrogen-bond donors (Lipinski definition) is 1. The first-order valence-corrected chi connectivity index (χ1v) is 15.2. The molecule has 0 aliphatic rings. The average Bonchev–Trinajstić information content (AvgIpc) is 2.93. The topological polar surface area (TPSA) is 86.8 Å². The van der Waals surface area contributed by atoms with Crippen LogP contribution in [0.25, 0.3) is 0 Å². The van der Waals surface area contributed by atoms with Crippen molar-refractivity contribution in [1.29, 1.82) is 0 Å². The van der Waals surface area contributed by atoms with Crippen LogP contribution in [0, 0.1) is 6.92 Å². The van der Waals surface area contributed by atoms with Gasteiger partial charge in [0.25, 0.3) is 10.0 Å². The molecule has 0 radical (unpaired) electrons. The van der Waals surface area contributed by atoms with Crippen LogP contribution in [0.2, 0.25) is 0 Å². The summed E-state index contributed by atoms with van der Waals surface area (Å²) in [6.45, 7) is 5.65. The van der Waals surface area contributed by atoms with Crippen LogP contribution in [-0.4, -0.2) is 57.1 Å². The number of aryl methyl sites for hydroxylation is 1. The molecule has 0 spiro atoms. The first-order chi connectivity index (χ1) is 18.2. The lowest BCUT2D eigenvalue weighted by molar-refractivity contribution is -0.138. The summed E-state index contributed by atoms with van der Waals surface area (Å²) in [5, 5.41) is 2.77. The molecule has 0 unspecified atom stereocenters. The van der Waals surface area contributed by atoms with E-state index < -0.39 is 28.5 Å². The molecule has 7 nitrogen and oxygen atoms in total. The van der Waals surface area contributed by atoms with E-state index in [0.29, 0.717) is 18.7 Å². The van der Waals surface area contributed by atoms with Gasteiger partial charge < -0.3 is 10.2 Å². The van der Waals surface area contributed by atoms with E-state index in [1.807, 2.05) is 62.6 Å². The summed E-state index contributed by atoms with van der Waals surface area (Å²) in [6, 6.07) is 22.5. The Labute approximate surface area is 230 Å². The van der Waals surface area contributed by atoms with Gasteiger partial charge in [0.2, 0.25) is 11.8 Å². The van der Waals surface area contributed by atoms with Crippen molar-refractivity contribution in [2.24, 2.45) is 0 Å². The van der Waals surface area contributed by atoms with E-state index >= 15 is 0 Å². The first-order valence-electron chi connectivity index (χ1n) is 12.5. The summed E-state index contributed by atoms with van der Waals surface area (Å²) < 4.78 is 28.8. The highest BCUT2D eigenvalue weighted by Crippen LogP contribution is 2.26. The van der Waals surface area contributed by atoms with Gasteiger partial charge in [-0.2, -0.15) is 0 Å². The molecule has 2 amide bonds. The molecule has 3 rings (SSSR count). The molecule has 202 valence electrons. The Morgan fingerprint density at radius 2 is 1.58 bits per heavy atom. The van der Waals surface area contributed by atoms with E-state index in [1.165, 1.54) is 16.7 Å². The monoisotopic (exact) mass is 553 g/mol. The van der Waals surface area contributed by atoms with Crippen molar-refractivity contribution in [3.05, 3.63) is 90.0 Å². The molecule has 0 heterocycles. The van der Waals surface area contributed by atoms with Gasteiger partial charge in [-0.3, -0.25) is 13.9 Å². The van der Waals surface area contributed by atoms with Crippen molar-refractivity contribution in [2.75, 3.05) is 30.2 Å². The van der Waals surface area contributed by atoms with Crippen molar-refractivity contribution in [3.8, 4) is 0 Å². The molecular weight excluding hydrogens is 518 g/mol. The number of nitrogens with zero attached hydrogens (tertiary/aromatic N) is 2. The summed E-state index contributed by atoms with van der Waals surface area (Å²) >= 11 is 1.52. The number of hydrogen-bond acceptors (Lipinski definition) is 5. The van der Waals surface area contributed by atoms with Crippen molar-refractivity contribution < 1.29 is 18.0 Å². The van der Waals surface area contributed by atoms with Crippen LogP contribution in [0.15, 0.2) is 88.7 Å². The summed E-state index contributed by atoms with van der Waals surface area (Å²) in [5.74, 6) is -0.740. The van der Waals surface area contributed by atoms with Crippen molar-refractivity contribution in [1.82, 2.24) is 10.2 Å². The summed E-state index contributed by atoms with van der Waals surface area (Å²) in [4.78, 5) is 29.0. The summed E-state index contributed by atoms with van der Waals surface area (Å²) in [6.07, 6.45) is 2.45. The smallest absolute Gasteiger partial charge is 0.264 e. The van der Waals surface area contributed by atoms with E-state index in [2.05, 4.69) is 5.32 Å². The fourth-order valence-electron chi connectivity index (χ4n) is 4.01. The van der Waals surface area contributed by atoms with Gasteiger partial charge in [0.05, 0.1) is 10.6 Å². The van der Waals surface area contributed by atoms with Crippen LogP contribution in [0.3, 0.4) is 0 Å². The Kier molecular flexibility index (Phi) is 10.4. The predicted molar refractivity (Wildman–Crippen MR) is 154 cm³/mol. The van der Waals surface area contributed by atoms with Gasteiger partial charge in [-0.25, -0.2) is 8.42 Å². The molecule has 3 aromatic carbocycles. The van der Waals surface area contributed by atoms with E-state index in [9.17, 15) is 18.0 Å². The molecule has 38 heavy (non-hydrogen) atoms. The molecule has 9 heteroatoms. The van der Waals surface area contributed by atoms with Gasteiger partial charge in [0.1, 0.15) is 12.6 Å². The molecule has 0 saturated heterocycles. The first kappa shape index (κ1) is 29.3. The van der Waals surface area contributed by atoms with E-state index in [4.69, 9.17) is 0 Å². The Hall–Kier alpha value is -3.30. The largest absolute Gasteiger partial charge is 0.355 e. The highest BCUT2D eigenvalue weighted by atomic mass is 32.2. The molecule has 1 N–H and O–H groups in total. The van der Waals surface area contributed by atoms with Crippen molar-refractivity contribution in [2.45, 2.75) is 43.0 Å². The SMILES string of the molecule is CCNC(=O)[C@@H](C)N(CCc1ccccc1)C(=O)CN(c1ccc(C)cc1)S(=O)(=O)c1ccc(SC)cc1. The normalized spacial score (nSPS) is 12.0. The zero-order valence-corrected chi connectivity index (χ0v) is 23.9. The molecule has 0 bridgehead atoms. The maximum absolute atomic E-state index is 13.8. The minimum atomic E-state index is -4.07. The number of benzene rings is 3. The fraction of sp³-hybridized carbons (Fsp3) is 0.310. The second kappa shape index (κ2) is 13.5. The van der Waals surface area contributed by atoms with E-state index in [1.54, 1.807) is 43.3 Å². The van der Waals surface area contributed by atoms with Gasteiger partial charge in [-0.05, 0) is 75.4 Å². The van der Waals surface area contributed by atoms with Gasteiger partial charge >= 0.3 is 0 Å². The molecule has 3 aromatic rings. The fourth-order valence-corrected chi connectivity index (χ4v) is 5.83. The lowest BCUT2D eigenvalue weighted by Crippen LogP contribution is -2.52. The number of amides is 2. The number of sulfonamides is 1. The van der Waals surface area contributed by atoms with Crippen LogP contribution < -0.4 is 9.62 Å². The minimum absolute atomic E-state index is 0.0938. The molecule has 0 aromatic heterocycles. The third kappa shape index (κ3) is 7.39. The van der Waals surface area contributed by atoms with Crippen LogP contribution >= 0.6 is 11.8 Å². The number of thioether (sulfide) groups is 1. The van der Waals surface area contributed by atoms with Crippen LogP contribution in [-0.2, 0) is 26.0 Å². The van der Waals surface area contributed by atoms with Crippen LogP contribution in [0.4, 0.5) is 5.69 Å². The summed E-state index contributed by atoms with van der Waals surface area (Å²) in [7, 11) is -4.07. The van der Waals surface area contributed by atoms with Gasteiger partial charge in [-0.15, -0.1) is 11.8 Å². The Morgan fingerprint density at radius 1 is 0.947 bits per heavy atom. The number of anilines is 1. The predicted octanol–water partition coefficient (Wildman–Crippen LogP) is 4.51. The quantitative estimate of drug-likeness (QED) is 0.334. The Balaban J connectivity index is 1.96. The summed E-state index contributed by atoms with van der Waals surface area (Å²) in [5.41, 5.74) is 2.37. The van der Waals surface area contributed by atoms with Crippen LogP contribution in [0.5, 0.6) is 0 Å². The zero-order chi connectivity index (χ0) is 27.7. The highest BCUT2D eigenvalue weighted by molar-refractivity contribution is 7.98. The highest BCUT2D eigenvalue weighted by Gasteiger charge is 2.32. The van der Waals surface area contributed by atoms with Crippen molar-refractivity contribution >= 4 is 39.3 Å². The molecule has 1 atom stereocenters. The standard InChI is InChI=1S/C29H35N3O4S2/c1-5-30-29(34)23(3)31(20-19-24-9-7-6-8-10-24)28(33)21-32(25-13-11-22(2)12-14-25)38(35,36)27-17-15-26(37-4)16-18-27/h6-18,23H,5,19-21H2,1-4H3,(H,30,34)/t23-/m1/s1. The second-order valence-electron chi connectivity index (χ2n) is 8.92. The maximum Gasteiger partial charge on any atom is 0.264 e. The van der Waals surface area contributed by atoms with E-state index in [0.717, 1.165) is 20.3 Å². The number of rotatable bonds is 12. The Bertz CT molecular complexity index is 1310. The lowest BCUT2D eigenvalue weighted by atomic mass is 10.1. The average molecular weight is 554 g/mol. The number of likely N-dealkylation sites (N-methyl/N-ethyl adjacent to an activating group) is 1. The third-order valence-corrected chi connectivity index (χ3v) is 8.78. The molecule has 0 aliphatic carbocycles. The number of carbonyl (C=O) groups excluding carboxylic acids is 2. The zero-order valence-electron chi connectivity index (χ0n) is 22.3. The van der Waals surface area contributed by atoms with Gasteiger partial charge in [0.15, 0.2) is 0 Å².